The van der Waals surface area contributed by atoms with Gasteiger partial charge in [-0.25, -0.2) is 0 Å². The summed E-state index contributed by atoms with van der Waals surface area (Å²) in [6.45, 7) is 13.2. The molecule has 0 aromatic rings. The van der Waals surface area contributed by atoms with Crippen molar-refractivity contribution in [2.75, 3.05) is 34.4 Å². The predicted octanol–water partition coefficient (Wildman–Crippen LogP) is 2.37. The average molecular weight is 370 g/mol. The fourth-order valence-corrected chi connectivity index (χ4v) is 2.71. The van der Waals surface area contributed by atoms with Gasteiger partial charge in [-0.15, -0.1) is 0 Å². The Morgan fingerprint density at radius 3 is 2.35 bits per heavy atom. The Morgan fingerprint density at radius 2 is 1.81 bits per heavy atom. The van der Waals surface area contributed by atoms with Gasteiger partial charge in [0.1, 0.15) is 25.8 Å². The number of rotatable bonds is 12. The lowest BCUT2D eigenvalue weighted by Crippen LogP contribution is -2.42. The minimum Gasteiger partial charge on any atom is -0.359 e. The van der Waals surface area contributed by atoms with E-state index in [0.29, 0.717) is 0 Å². The molecule has 1 fully saturated rings. The maximum atomic E-state index is 12.3. The largest absolute Gasteiger partial charge is 0.359 e. The second-order valence-corrected chi connectivity index (χ2v) is 6.29. The van der Waals surface area contributed by atoms with Crippen LogP contribution >= 0.6 is 0 Å². The maximum Gasteiger partial charge on any atom is 0.186 e. The molecular formula is C19H30O7. The first kappa shape index (κ1) is 22.7. The highest BCUT2D eigenvalue weighted by molar-refractivity contribution is 5.93. The maximum absolute atomic E-state index is 12.3. The number of carbonyl (C=O) groups excluding carboxylic acids is 1. The van der Waals surface area contributed by atoms with Gasteiger partial charge >= 0.3 is 0 Å². The van der Waals surface area contributed by atoms with E-state index in [-0.39, 0.29) is 26.0 Å². The third-order valence-electron chi connectivity index (χ3n) is 3.91. The van der Waals surface area contributed by atoms with E-state index in [4.69, 9.17) is 28.4 Å². The minimum atomic E-state index is -0.927. The van der Waals surface area contributed by atoms with Crippen molar-refractivity contribution >= 4 is 5.78 Å². The van der Waals surface area contributed by atoms with Gasteiger partial charge in [0.05, 0.1) is 6.61 Å². The summed E-state index contributed by atoms with van der Waals surface area (Å²) in [6, 6.07) is 0. The molecule has 7 nitrogen and oxygen atoms in total. The summed E-state index contributed by atoms with van der Waals surface area (Å²) in [4.78, 5) is 12.3. The molecule has 0 radical (unpaired) electrons. The van der Waals surface area contributed by atoms with Gasteiger partial charge in [0.25, 0.3) is 0 Å². The van der Waals surface area contributed by atoms with Crippen LogP contribution in [-0.2, 0) is 33.2 Å². The topological polar surface area (TPSA) is 72.5 Å². The van der Waals surface area contributed by atoms with E-state index in [1.807, 2.05) is 6.92 Å². The fraction of sp³-hybridized carbons (Fsp3) is 0.632. The summed E-state index contributed by atoms with van der Waals surface area (Å²) < 4.78 is 33.0. The highest BCUT2D eigenvalue weighted by atomic mass is 16.8. The quantitative estimate of drug-likeness (QED) is 0.226. The summed E-state index contributed by atoms with van der Waals surface area (Å²) in [5.74, 6) is -1.20. The van der Waals surface area contributed by atoms with E-state index in [1.54, 1.807) is 27.0 Å². The third kappa shape index (κ3) is 6.12. The van der Waals surface area contributed by atoms with E-state index in [0.717, 1.165) is 11.1 Å². The number of ketones is 1. The first-order valence-corrected chi connectivity index (χ1v) is 8.32. The Balaban J connectivity index is 3.18. The first-order chi connectivity index (χ1) is 12.3. The van der Waals surface area contributed by atoms with Gasteiger partial charge in [-0.1, -0.05) is 19.2 Å². The third-order valence-corrected chi connectivity index (χ3v) is 3.91. The van der Waals surface area contributed by atoms with Crippen molar-refractivity contribution in [2.45, 2.75) is 44.9 Å². The molecular weight excluding hydrogens is 340 g/mol. The van der Waals surface area contributed by atoms with Crippen LogP contribution in [0, 0.1) is 0 Å². The van der Waals surface area contributed by atoms with Crippen LogP contribution in [0.1, 0.15) is 20.8 Å². The zero-order chi connectivity index (χ0) is 19.7. The van der Waals surface area contributed by atoms with Crippen LogP contribution in [0.25, 0.3) is 0 Å². The lowest BCUT2D eigenvalue weighted by atomic mass is 9.95. The molecule has 7 heteroatoms. The van der Waals surface area contributed by atoms with E-state index in [9.17, 15) is 4.79 Å². The van der Waals surface area contributed by atoms with Gasteiger partial charge < -0.3 is 28.4 Å². The van der Waals surface area contributed by atoms with Gasteiger partial charge in [0.2, 0.25) is 0 Å². The van der Waals surface area contributed by atoms with Crippen molar-refractivity contribution in [2.24, 2.45) is 0 Å². The molecule has 0 aliphatic carbocycles. The Morgan fingerprint density at radius 1 is 1.15 bits per heavy atom. The van der Waals surface area contributed by atoms with Crippen LogP contribution < -0.4 is 0 Å². The van der Waals surface area contributed by atoms with E-state index in [2.05, 4.69) is 13.2 Å². The van der Waals surface area contributed by atoms with Crippen molar-refractivity contribution < 1.29 is 33.2 Å². The molecule has 0 saturated carbocycles. The molecule has 1 aliphatic heterocycles. The second kappa shape index (κ2) is 10.7. The molecule has 26 heavy (non-hydrogen) atoms. The number of carbonyl (C=O) groups is 1. The van der Waals surface area contributed by atoms with Crippen molar-refractivity contribution in [3.05, 3.63) is 36.5 Å². The number of hydrogen-bond donors (Lipinski definition) is 0. The Kier molecular flexibility index (Phi) is 9.35. The fourth-order valence-electron chi connectivity index (χ4n) is 2.71. The Bertz CT molecular complexity index is 524. The molecule has 0 aromatic carbocycles. The van der Waals surface area contributed by atoms with Crippen molar-refractivity contribution in [3.63, 3.8) is 0 Å². The average Bonchev–Trinajstić information content (AvgIpc) is 2.93. The van der Waals surface area contributed by atoms with Crippen molar-refractivity contribution in [1.82, 2.24) is 0 Å². The molecule has 0 amide bonds. The zero-order valence-corrected chi connectivity index (χ0v) is 16.3. The van der Waals surface area contributed by atoms with Crippen LogP contribution in [0.5, 0.6) is 0 Å². The summed E-state index contributed by atoms with van der Waals surface area (Å²) in [6.07, 6.45) is 0.822. The predicted molar refractivity (Wildman–Crippen MR) is 96.5 cm³/mol. The number of ether oxygens (including phenoxy) is 6. The molecule has 3 atom stereocenters. The molecule has 1 rings (SSSR count). The first-order valence-electron chi connectivity index (χ1n) is 8.32. The highest BCUT2D eigenvalue weighted by Crippen LogP contribution is 2.34. The van der Waals surface area contributed by atoms with Crippen LogP contribution in [0.15, 0.2) is 36.5 Å². The normalized spacial score (nSPS) is 24.0. The minimum absolute atomic E-state index is 0.0284. The second-order valence-electron chi connectivity index (χ2n) is 6.29. The summed E-state index contributed by atoms with van der Waals surface area (Å²) in [5.41, 5.74) is 1.61. The highest BCUT2D eigenvalue weighted by Gasteiger charge is 2.49. The molecule has 0 N–H and O–H groups in total. The van der Waals surface area contributed by atoms with Gasteiger partial charge in [0, 0.05) is 14.2 Å². The van der Waals surface area contributed by atoms with Crippen molar-refractivity contribution in [3.8, 4) is 0 Å². The zero-order valence-electron chi connectivity index (χ0n) is 16.3. The van der Waals surface area contributed by atoms with Gasteiger partial charge in [0.15, 0.2) is 17.7 Å². The molecule has 0 unspecified atom stereocenters. The molecule has 148 valence electrons. The molecule has 1 saturated heterocycles. The molecule has 0 spiro atoms. The van der Waals surface area contributed by atoms with Gasteiger partial charge in [-0.2, -0.15) is 0 Å². The van der Waals surface area contributed by atoms with Crippen LogP contribution in [0.3, 0.4) is 0 Å². The van der Waals surface area contributed by atoms with E-state index >= 15 is 0 Å². The van der Waals surface area contributed by atoms with E-state index in [1.165, 1.54) is 13.2 Å². The van der Waals surface area contributed by atoms with Crippen LogP contribution in [0.2, 0.25) is 0 Å². The van der Waals surface area contributed by atoms with Crippen LogP contribution in [-0.4, -0.2) is 64.3 Å². The summed E-state index contributed by atoms with van der Waals surface area (Å²) in [7, 11) is 3.07. The lowest BCUT2D eigenvalue weighted by Gasteiger charge is -2.28. The molecule has 1 aliphatic rings. The smallest absolute Gasteiger partial charge is 0.186 e. The Hall–Kier alpha value is -1.35. The standard InChI is InChI=1S/C19H30O7/c1-8-14(10-23-11-21-6)13(3)16(24-12-22-7)18-17(15(20)9-2)25-19(4,5)26-18/h8-9,16-18H,1-2,10-12H2,3-7H3/b14-13-/t16-,17-,18-/m1/s1. The molecule has 0 bridgehead atoms. The monoisotopic (exact) mass is 370 g/mol. The van der Waals surface area contributed by atoms with Gasteiger partial charge in [-0.05, 0) is 38.0 Å². The SMILES string of the molecule is C=CC(=O)[C@H]1OC(C)(C)O[C@@H]1[C@H](OCOC)/C(C)=C(/C=C)COCOC. The number of hydrogen-bond acceptors (Lipinski definition) is 7. The number of methoxy groups -OCH3 is 2. The lowest BCUT2D eigenvalue weighted by molar-refractivity contribution is -0.165. The van der Waals surface area contributed by atoms with Crippen LogP contribution in [0.4, 0.5) is 0 Å². The molecule has 1 heterocycles. The summed E-state index contributed by atoms with van der Waals surface area (Å²) in [5, 5.41) is 0. The van der Waals surface area contributed by atoms with Crippen molar-refractivity contribution in [1.29, 1.82) is 0 Å². The van der Waals surface area contributed by atoms with Gasteiger partial charge in [-0.3, -0.25) is 4.79 Å². The molecule has 0 aromatic heterocycles. The Labute approximate surface area is 155 Å². The summed E-state index contributed by atoms with van der Waals surface area (Å²) >= 11 is 0. The van der Waals surface area contributed by atoms with E-state index < -0.39 is 24.1 Å².